The lowest BCUT2D eigenvalue weighted by molar-refractivity contribution is -0.129. The Morgan fingerprint density at radius 1 is 0.939 bits per heavy atom. The fourth-order valence-electron chi connectivity index (χ4n) is 3.96. The van der Waals surface area contributed by atoms with Gasteiger partial charge in [0.2, 0.25) is 5.91 Å². The minimum absolute atomic E-state index is 0.00782. The number of hydrogen-bond donors (Lipinski definition) is 0. The number of carbonyl (C=O) groups is 2. The number of rotatable bonds is 7. The van der Waals surface area contributed by atoms with Crippen LogP contribution in [-0.4, -0.2) is 31.6 Å². The predicted octanol–water partition coefficient (Wildman–Crippen LogP) is 4.57. The van der Waals surface area contributed by atoms with Crippen molar-refractivity contribution in [2.24, 2.45) is 0 Å². The molecule has 0 aliphatic carbocycles. The summed E-state index contributed by atoms with van der Waals surface area (Å²) in [7, 11) is 1.62. The summed E-state index contributed by atoms with van der Waals surface area (Å²) in [6.07, 6.45) is -0.421. The van der Waals surface area contributed by atoms with Crippen LogP contribution in [0.15, 0.2) is 78.9 Å². The van der Waals surface area contributed by atoms with Gasteiger partial charge in [-0.2, -0.15) is 0 Å². The maximum atomic E-state index is 13.4. The molecule has 4 rings (SSSR count). The van der Waals surface area contributed by atoms with Crippen molar-refractivity contribution in [1.29, 1.82) is 0 Å². The van der Waals surface area contributed by atoms with Crippen molar-refractivity contribution in [2.75, 3.05) is 23.5 Å². The first kappa shape index (κ1) is 22.6. The number of methoxy groups -OCH3 is 1. The number of carbonyl (C=O) groups excluding carboxylic acids is 2. The molecule has 0 bridgehead atoms. The molecule has 0 saturated carbocycles. The molecule has 2 amide bonds. The van der Waals surface area contributed by atoms with E-state index in [-0.39, 0.29) is 18.2 Å². The molecule has 0 spiro atoms. The van der Waals surface area contributed by atoms with Crippen LogP contribution >= 0.6 is 0 Å². The number of hydrogen-bond acceptors (Lipinski definition) is 4. The normalized spacial score (nSPS) is 14.4. The van der Waals surface area contributed by atoms with Gasteiger partial charge in [-0.1, -0.05) is 54.6 Å². The highest BCUT2D eigenvalue weighted by molar-refractivity contribution is 6.06. The monoisotopic (exact) mass is 444 g/mol. The fraction of sp³-hybridized carbons (Fsp3) is 0.259. The molecule has 0 radical (unpaired) electrons. The van der Waals surface area contributed by atoms with Gasteiger partial charge in [-0.05, 0) is 42.3 Å². The highest BCUT2D eigenvalue weighted by atomic mass is 16.5. The number of nitrogens with zero attached hydrogens (tertiary/aromatic N) is 2. The molecule has 1 aliphatic heterocycles. The predicted molar refractivity (Wildman–Crippen MR) is 128 cm³/mol. The van der Waals surface area contributed by atoms with E-state index in [0.717, 1.165) is 28.3 Å². The number of anilines is 2. The van der Waals surface area contributed by atoms with Gasteiger partial charge in [0.1, 0.15) is 11.9 Å². The summed E-state index contributed by atoms with van der Waals surface area (Å²) in [6, 6.07) is 25.0. The van der Waals surface area contributed by atoms with Crippen molar-refractivity contribution < 1.29 is 19.1 Å². The third-order valence-corrected chi connectivity index (χ3v) is 5.75. The van der Waals surface area contributed by atoms with E-state index in [1.165, 1.54) is 0 Å². The summed E-state index contributed by atoms with van der Waals surface area (Å²) in [6.45, 7) is 2.81. The molecule has 1 heterocycles. The third-order valence-electron chi connectivity index (χ3n) is 5.75. The number of benzene rings is 3. The molecule has 1 atom stereocenters. The van der Waals surface area contributed by atoms with Crippen molar-refractivity contribution in [3.63, 3.8) is 0 Å². The molecule has 3 aromatic carbocycles. The first-order valence-corrected chi connectivity index (χ1v) is 11.1. The minimum Gasteiger partial charge on any atom is -0.497 e. The summed E-state index contributed by atoms with van der Waals surface area (Å²) >= 11 is 0. The lowest BCUT2D eigenvalue weighted by atomic mass is 10.1. The van der Waals surface area contributed by atoms with E-state index in [4.69, 9.17) is 9.47 Å². The minimum atomic E-state index is -0.667. The van der Waals surface area contributed by atoms with E-state index in [0.29, 0.717) is 19.7 Å². The Hall–Kier alpha value is -3.64. The van der Waals surface area contributed by atoms with E-state index in [2.05, 4.69) is 0 Å². The first-order chi connectivity index (χ1) is 16.1. The van der Waals surface area contributed by atoms with Crippen molar-refractivity contribution in [3.8, 4) is 5.75 Å². The van der Waals surface area contributed by atoms with E-state index < -0.39 is 6.10 Å². The molecule has 0 aromatic heterocycles. The van der Waals surface area contributed by atoms with E-state index >= 15 is 0 Å². The van der Waals surface area contributed by atoms with Crippen LogP contribution in [0.5, 0.6) is 5.75 Å². The Bertz CT molecular complexity index is 1120. The fourth-order valence-corrected chi connectivity index (χ4v) is 3.96. The van der Waals surface area contributed by atoms with Gasteiger partial charge in [-0.3, -0.25) is 9.59 Å². The molecular weight excluding hydrogens is 416 g/mol. The Morgan fingerprint density at radius 2 is 1.64 bits per heavy atom. The van der Waals surface area contributed by atoms with Crippen LogP contribution in [-0.2, 0) is 27.5 Å². The number of fused-ring (bicyclic) bond motifs is 1. The van der Waals surface area contributed by atoms with Gasteiger partial charge in [0.05, 0.1) is 31.6 Å². The summed E-state index contributed by atoms with van der Waals surface area (Å²) in [5.41, 5.74) is 3.42. The van der Waals surface area contributed by atoms with Crippen molar-refractivity contribution in [2.45, 2.75) is 32.6 Å². The summed E-state index contributed by atoms with van der Waals surface area (Å²) in [5.74, 6) is 0.569. The quantitative estimate of drug-likeness (QED) is 0.536. The zero-order valence-electron chi connectivity index (χ0n) is 18.9. The summed E-state index contributed by atoms with van der Waals surface area (Å²) in [5, 5.41) is 0. The average Bonchev–Trinajstić information content (AvgIpc) is 2.99. The SMILES string of the molecule is COc1cccc(COC(C)C(=O)N2CCC(=O)N(Cc3ccccc3)c3ccccc32)c1. The number of ether oxygens (including phenoxy) is 2. The van der Waals surface area contributed by atoms with Crippen LogP contribution in [0.25, 0.3) is 0 Å². The highest BCUT2D eigenvalue weighted by Crippen LogP contribution is 2.34. The zero-order chi connectivity index (χ0) is 23.2. The molecule has 0 fully saturated rings. The first-order valence-electron chi connectivity index (χ1n) is 11.1. The second-order valence-electron chi connectivity index (χ2n) is 8.00. The van der Waals surface area contributed by atoms with Crippen LogP contribution in [0.4, 0.5) is 11.4 Å². The second kappa shape index (κ2) is 10.3. The highest BCUT2D eigenvalue weighted by Gasteiger charge is 2.31. The summed E-state index contributed by atoms with van der Waals surface area (Å²) in [4.78, 5) is 29.9. The lowest BCUT2D eigenvalue weighted by Crippen LogP contribution is -2.39. The van der Waals surface area contributed by atoms with Crippen LogP contribution in [0, 0.1) is 0 Å². The van der Waals surface area contributed by atoms with Gasteiger partial charge >= 0.3 is 0 Å². The standard InChI is InChI=1S/C27H28N2O4/c1-20(33-19-22-11-8-12-23(17-22)32-2)27(31)28-16-15-26(30)29(18-21-9-4-3-5-10-21)25-14-7-6-13-24(25)28/h3-14,17,20H,15-16,18-19H2,1-2H3. The molecule has 1 aliphatic rings. The lowest BCUT2D eigenvalue weighted by Gasteiger charge is -2.27. The van der Waals surface area contributed by atoms with Crippen LogP contribution in [0.1, 0.15) is 24.5 Å². The van der Waals surface area contributed by atoms with E-state index in [1.54, 1.807) is 23.8 Å². The molecule has 3 aromatic rings. The van der Waals surface area contributed by atoms with Crippen LogP contribution in [0.2, 0.25) is 0 Å². The van der Waals surface area contributed by atoms with Gasteiger partial charge in [-0.15, -0.1) is 0 Å². The molecule has 0 saturated heterocycles. The molecule has 1 unspecified atom stereocenters. The third kappa shape index (κ3) is 5.23. The molecule has 33 heavy (non-hydrogen) atoms. The molecule has 0 N–H and O–H groups in total. The van der Waals surface area contributed by atoms with Gasteiger partial charge in [0.25, 0.3) is 5.91 Å². The summed E-state index contributed by atoms with van der Waals surface area (Å²) < 4.78 is 11.2. The van der Waals surface area contributed by atoms with Crippen molar-refractivity contribution in [3.05, 3.63) is 90.0 Å². The maximum Gasteiger partial charge on any atom is 0.255 e. The van der Waals surface area contributed by atoms with Crippen LogP contribution in [0.3, 0.4) is 0 Å². The molecule has 6 nitrogen and oxygen atoms in total. The molecule has 170 valence electrons. The largest absolute Gasteiger partial charge is 0.497 e. The van der Waals surface area contributed by atoms with Crippen LogP contribution < -0.4 is 14.5 Å². The van der Waals surface area contributed by atoms with Gasteiger partial charge in [0.15, 0.2) is 0 Å². The topological polar surface area (TPSA) is 59.1 Å². The van der Waals surface area contributed by atoms with Gasteiger partial charge in [-0.25, -0.2) is 0 Å². The van der Waals surface area contributed by atoms with Gasteiger partial charge < -0.3 is 19.3 Å². The second-order valence-corrected chi connectivity index (χ2v) is 8.00. The Kier molecular flexibility index (Phi) is 7.05. The smallest absolute Gasteiger partial charge is 0.255 e. The van der Waals surface area contributed by atoms with Gasteiger partial charge in [0, 0.05) is 13.0 Å². The van der Waals surface area contributed by atoms with Crippen molar-refractivity contribution in [1.82, 2.24) is 0 Å². The van der Waals surface area contributed by atoms with E-state index in [9.17, 15) is 9.59 Å². The molecular formula is C27H28N2O4. The number of amides is 2. The maximum absolute atomic E-state index is 13.4. The Labute approximate surface area is 194 Å². The zero-order valence-corrected chi connectivity index (χ0v) is 18.9. The Balaban J connectivity index is 1.53. The molecule has 6 heteroatoms. The number of para-hydroxylation sites is 2. The average molecular weight is 445 g/mol. The van der Waals surface area contributed by atoms with E-state index in [1.807, 2.05) is 78.9 Å². The Morgan fingerprint density at radius 3 is 2.39 bits per heavy atom. The van der Waals surface area contributed by atoms with Crippen molar-refractivity contribution >= 4 is 23.2 Å².